The van der Waals surface area contributed by atoms with Gasteiger partial charge in [0.15, 0.2) is 0 Å². The molecule has 0 spiro atoms. The summed E-state index contributed by atoms with van der Waals surface area (Å²) in [6.07, 6.45) is 0. The van der Waals surface area contributed by atoms with Crippen LogP contribution in [0.15, 0.2) is 30.3 Å². The fourth-order valence-corrected chi connectivity index (χ4v) is 1.63. The summed E-state index contributed by atoms with van der Waals surface area (Å²) in [5.41, 5.74) is 7.17. The molecule has 0 unspecified atom stereocenters. The van der Waals surface area contributed by atoms with Crippen LogP contribution in [0.5, 0.6) is 0 Å². The van der Waals surface area contributed by atoms with Gasteiger partial charge < -0.3 is 11.1 Å². The molecule has 16 heavy (non-hydrogen) atoms. The van der Waals surface area contributed by atoms with Crippen molar-refractivity contribution in [2.45, 2.75) is 0 Å². The molecule has 0 aliphatic heterocycles. The first-order valence-corrected chi connectivity index (χ1v) is 5.15. The minimum absolute atomic E-state index is 0.224. The lowest BCUT2D eigenvalue weighted by Gasteiger charge is -2.06. The van der Waals surface area contributed by atoms with Crippen molar-refractivity contribution in [3.05, 3.63) is 35.4 Å². The molecule has 0 aliphatic rings. The maximum atomic E-state index is 6.09. The summed E-state index contributed by atoms with van der Waals surface area (Å²) >= 11 is 6.09. The summed E-state index contributed by atoms with van der Waals surface area (Å²) in [6.45, 7) is 0. The lowest BCUT2D eigenvalue weighted by Crippen LogP contribution is -2.01. The Morgan fingerprint density at radius 2 is 2.00 bits per heavy atom. The Morgan fingerprint density at radius 3 is 2.69 bits per heavy atom. The van der Waals surface area contributed by atoms with Crippen molar-refractivity contribution in [3.8, 4) is 11.3 Å². The zero-order valence-corrected chi connectivity index (χ0v) is 9.49. The molecule has 0 fully saturated rings. The number of benzene rings is 1. The molecule has 0 saturated heterocycles. The lowest BCUT2D eigenvalue weighted by molar-refractivity contribution is 1.18. The number of nitrogens with zero attached hydrogens (tertiary/aromatic N) is 2. The van der Waals surface area contributed by atoms with Crippen molar-refractivity contribution >= 4 is 23.4 Å². The number of rotatable bonds is 2. The summed E-state index contributed by atoms with van der Waals surface area (Å²) in [7, 11) is 1.78. The monoisotopic (exact) mass is 234 g/mol. The Bertz CT molecular complexity index is 513. The Labute approximate surface area is 98.5 Å². The summed E-state index contributed by atoms with van der Waals surface area (Å²) in [4.78, 5) is 8.18. The second-order valence-electron chi connectivity index (χ2n) is 3.23. The molecule has 0 saturated carbocycles. The zero-order chi connectivity index (χ0) is 11.5. The average Bonchev–Trinajstić information content (AvgIpc) is 2.28. The predicted octanol–water partition coefficient (Wildman–Crippen LogP) is 2.42. The van der Waals surface area contributed by atoms with Crippen LogP contribution < -0.4 is 11.1 Å². The molecular weight excluding hydrogens is 224 g/mol. The third-order valence-electron chi connectivity index (χ3n) is 2.15. The van der Waals surface area contributed by atoms with Gasteiger partial charge in [0.25, 0.3) is 0 Å². The van der Waals surface area contributed by atoms with Crippen molar-refractivity contribution in [1.82, 2.24) is 9.97 Å². The number of anilines is 2. The van der Waals surface area contributed by atoms with Crippen molar-refractivity contribution in [1.29, 1.82) is 0 Å². The topological polar surface area (TPSA) is 63.8 Å². The van der Waals surface area contributed by atoms with Crippen molar-refractivity contribution in [2.24, 2.45) is 0 Å². The van der Waals surface area contributed by atoms with Gasteiger partial charge in [0.1, 0.15) is 5.82 Å². The van der Waals surface area contributed by atoms with Crippen molar-refractivity contribution in [2.75, 3.05) is 18.1 Å². The fourth-order valence-electron chi connectivity index (χ4n) is 1.40. The minimum Gasteiger partial charge on any atom is -0.373 e. The third kappa shape index (κ3) is 2.06. The minimum atomic E-state index is 0.224. The van der Waals surface area contributed by atoms with Gasteiger partial charge in [0.05, 0.1) is 5.69 Å². The molecular formula is C11H11ClN4. The Morgan fingerprint density at radius 1 is 1.25 bits per heavy atom. The highest BCUT2D eigenvalue weighted by Gasteiger charge is 2.06. The highest BCUT2D eigenvalue weighted by molar-refractivity contribution is 6.33. The molecule has 0 amide bonds. The highest BCUT2D eigenvalue weighted by atomic mass is 35.5. The molecule has 5 heteroatoms. The largest absolute Gasteiger partial charge is 0.373 e. The van der Waals surface area contributed by atoms with E-state index < -0.39 is 0 Å². The van der Waals surface area contributed by atoms with Crippen LogP contribution in [-0.4, -0.2) is 17.0 Å². The standard InChI is InChI=1S/C11H11ClN4/c1-14-10-6-9(15-11(13)16-10)7-4-2-3-5-8(7)12/h2-6H,1H3,(H3,13,14,15,16). The second-order valence-corrected chi connectivity index (χ2v) is 3.63. The van der Waals surface area contributed by atoms with E-state index in [2.05, 4.69) is 15.3 Å². The van der Waals surface area contributed by atoms with E-state index in [-0.39, 0.29) is 5.95 Å². The van der Waals surface area contributed by atoms with Crippen LogP contribution in [-0.2, 0) is 0 Å². The molecule has 1 aromatic heterocycles. The molecule has 82 valence electrons. The van der Waals surface area contributed by atoms with Crippen LogP contribution in [0.2, 0.25) is 5.02 Å². The summed E-state index contributed by atoms with van der Waals surface area (Å²) in [6, 6.07) is 9.28. The molecule has 0 radical (unpaired) electrons. The van der Waals surface area contributed by atoms with E-state index in [1.165, 1.54) is 0 Å². The zero-order valence-electron chi connectivity index (χ0n) is 8.74. The maximum Gasteiger partial charge on any atom is 0.222 e. The van der Waals surface area contributed by atoms with Gasteiger partial charge in [0.2, 0.25) is 5.95 Å². The Balaban J connectivity index is 2.56. The van der Waals surface area contributed by atoms with Gasteiger partial charge in [-0.1, -0.05) is 29.8 Å². The molecule has 1 aromatic carbocycles. The van der Waals surface area contributed by atoms with Gasteiger partial charge >= 0.3 is 0 Å². The Kier molecular flexibility index (Phi) is 2.92. The third-order valence-corrected chi connectivity index (χ3v) is 2.48. The first-order valence-electron chi connectivity index (χ1n) is 4.78. The molecule has 3 N–H and O–H groups in total. The number of nitrogens with one attached hydrogen (secondary N) is 1. The molecule has 4 nitrogen and oxygen atoms in total. The van der Waals surface area contributed by atoms with Crippen molar-refractivity contribution in [3.63, 3.8) is 0 Å². The number of nitrogen functional groups attached to an aromatic ring is 1. The van der Waals surface area contributed by atoms with E-state index >= 15 is 0 Å². The van der Waals surface area contributed by atoms with E-state index in [0.717, 1.165) is 5.56 Å². The molecule has 0 bridgehead atoms. The second kappa shape index (κ2) is 4.37. The number of hydrogen-bond donors (Lipinski definition) is 2. The number of hydrogen-bond acceptors (Lipinski definition) is 4. The van der Waals surface area contributed by atoms with Crippen molar-refractivity contribution < 1.29 is 0 Å². The quantitative estimate of drug-likeness (QED) is 0.838. The maximum absolute atomic E-state index is 6.09. The molecule has 0 atom stereocenters. The van der Waals surface area contributed by atoms with Crippen LogP contribution in [0.3, 0.4) is 0 Å². The average molecular weight is 235 g/mol. The van der Waals surface area contributed by atoms with Gasteiger partial charge in [-0.2, -0.15) is 4.98 Å². The van der Waals surface area contributed by atoms with Gasteiger partial charge in [-0.25, -0.2) is 4.98 Å². The first kappa shape index (κ1) is 10.7. The van der Waals surface area contributed by atoms with E-state index in [0.29, 0.717) is 16.5 Å². The first-order chi connectivity index (χ1) is 7.70. The fraction of sp³-hybridized carbons (Fsp3) is 0.0909. The van der Waals surface area contributed by atoms with Crippen LogP contribution in [0.25, 0.3) is 11.3 Å². The van der Waals surface area contributed by atoms with E-state index in [1.807, 2.05) is 24.3 Å². The number of halogens is 1. The lowest BCUT2D eigenvalue weighted by atomic mass is 10.1. The summed E-state index contributed by atoms with van der Waals surface area (Å²) < 4.78 is 0. The summed E-state index contributed by atoms with van der Waals surface area (Å²) in [5, 5.41) is 3.56. The molecule has 0 aliphatic carbocycles. The SMILES string of the molecule is CNc1cc(-c2ccccc2Cl)nc(N)n1. The van der Waals surface area contributed by atoms with Crippen LogP contribution in [0, 0.1) is 0 Å². The number of nitrogens with two attached hydrogens (primary N) is 1. The van der Waals surface area contributed by atoms with Gasteiger partial charge in [-0.15, -0.1) is 0 Å². The van der Waals surface area contributed by atoms with Crippen LogP contribution >= 0.6 is 11.6 Å². The molecule has 1 heterocycles. The van der Waals surface area contributed by atoms with Crippen LogP contribution in [0.4, 0.5) is 11.8 Å². The highest BCUT2D eigenvalue weighted by Crippen LogP contribution is 2.27. The van der Waals surface area contributed by atoms with E-state index in [1.54, 1.807) is 13.1 Å². The normalized spacial score (nSPS) is 10.1. The smallest absolute Gasteiger partial charge is 0.222 e. The van der Waals surface area contributed by atoms with Gasteiger partial charge in [-0.05, 0) is 6.07 Å². The predicted molar refractivity (Wildman–Crippen MR) is 66.4 cm³/mol. The number of aromatic nitrogens is 2. The van der Waals surface area contributed by atoms with Gasteiger partial charge in [0, 0.05) is 23.7 Å². The summed E-state index contributed by atoms with van der Waals surface area (Å²) in [5.74, 6) is 0.893. The van der Waals surface area contributed by atoms with E-state index in [4.69, 9.17) is 17.3 Å². The molecule has 2 rings (SSSR count). The Hall–Kier alpha value is -1.81. The van der Waals surface area contributed by atoms with Crippen LogP contribution in [0.1, 0.15) is 0 Å². The van der Waals surface area contributed by atoms with Gasteiger partial charge in [-0.3, -0.25) is 0 Å². The van der Waals surface area contributed by atoms with E-state index in [9.17, 15) is 0 Å². The molecule has 2 aromatic rings.